The van der Waals surface area contributed by atoms with Crippen molar-refractivity contribution in [3.05, 3.63) is 17.7 Å². The van der Waals surface area contributed by atoms with E-state index in [1.807, 2.05) is 20.2 Å². The lowest BCUT2D eigenvalue weighted by molar-refractivity contribution is 0.0512. The minimum atomic E-state index is -0.502. The van der Waals surface area contributed by atoms with Gasteiger partial charge in [-0.05, 0) is 13.3 Å². The van der Waals surface area contributed by atoms with Gasteiger partial charge >= 0.3 is 5.97 Å². The van der Waals surface area contributed by atoms with Gasteiger partial charge in [-0.2, -0.15) is 10.2 Å². The largest absolute Gasteiger partial charge is 0.460 e. The van der Waals surface area contributed by atoms with Gasteiger partial charge in [0, 0.05) is 13.2 Å². The Morgan fingerprint density at radius 3 is 2.94 bits per heavy atom. The second kappa shape index (κ2) is 4.99. The van der Waals surface area contributed by atoms with Gasteiger partial charge < -0.3 is 4.74 Å². The average molecular weight is 249 g/mol. The summed E-state index contributed by atoms with van der Waals surface area (Å²) in [5.41, 5.74) is 1.72. The van der Waals surface area contributed by atoms with Crippen molar-refractivity contribution >= 4 is 5.97 Å². The first-order valence-corrected chi connectivity index (χ1v) is 5.78. The quantitative estimate of drug-likeness (QED) is 0.815. The van der Waals surface area contributed by atoms with E-state index in [0.29, 0.717) is 12.4 Å². The van der Waals surface area contributed by atoms with Crippen molar-refractivity contribution < 1.29 is 9.53 Å². The molecule has 0 spiro atoms. The third-order valence-electron chi connectivity index (χ3n) is 2.44. The number of rotatable bonds is 4. The minimum Gasteiger partial charge on any atom is -0.460 e. The maximum atomic E-state index is 11.5. The standard InChI is InChI=1S/C11H15N5O2/c1-4-8-7(6-16(3)15-8)9-12-10(14-13-9)11(17)18-5-2/h6H,4-5H2,1-3H3,(H,12,13,14). The molecule has 96 valence electrons. The highest BCUT2D eigenvalue weighted by atomic mass is 16.5. The number of hydrogen-bond acceptors (Lipinski definition) is 5. The van der Waals surface area contributed by atoms with Crippen LogP contribution in [0.3, 0.4) is 0 Å². The van der Waals surface area contributed by atoms with Gasteiger partial charge in [0.05, 0.1) is 17.9 Å². The van der Waals surface area contributed by atoms with Crippen LogP contribution in [0.5, 0.6) is 0 Å². The Morgan fingerprint density at radius 1 is 1.50 bits per heavy atom. The predicted octanol–water partition coefficient (Wildman–Crippen LogP) is 0.944. The summed E-state index contributed by atoms with van der Waals surface area (Å²) >= 11 is 0. The molecule has 0 fully saturated rings. The van der Waals surface area contributed by atoms with E-state index < -0.39 is 5.97 Å². The fourth-order valence-corrected chi connectivity index (χ4v) is 1.66. The molecule has 2 aromatic rings. The molecule has 0 aliphatic rings. The highest BCUT2D eigenvalue weighted by Crippen LogP contribution is 2.19. The van der Waals surface area contributed by atoms with Crippen LogP contribution < -0.4 is 0 Å². The number of aryl methyl sites for hydroxylation is 2. The molecule has 0 aromatic carbocycles. The normalized spacial score (nSPS) is 10.6. The van der Waals surface area contributed by atoms with Crippen molar-refractivity contribution in [1.82, 2.24) is 25.0 Å². The Hall–Kier alpha value is -2.18. The molecule has 0 amide bonds. The van der Waals surface area contributed by atoms with Crippen LogP contribution in [0.1, 0.15) is 30.2 Å². The molecular formula is C11H15N5O2. The number of carbonyl (C=O) groups excluding carboxylic acids is 1. The molecule has 1 N–H and O–H groups in total. The number of nitrogens with zero attached hydrogens (tertiary/aromatic N) is 4. The van der Waals surface area contributed by atoms with Gasteiger partial charge in [0.15, 0.2) is 5.82 Å². The number of carbonyl (C=O) groups is 1. The van der Waals surface area contributed by atoms with Gasteiger partial charge in [0.2, 0.25) is 5.82 Å². The topological polar surface area (TPSA) is 85.7 Å². The molecule has 0 saturated carbocycles. The number of hydrogen-bond donors (Lipinski definition) is 1. The zero-order valence-electron chi connectivity index (χ0n) is 10.6. The zero-order valence-corrected chi connectivity index (χ0v) is 10.6. The highest BCUT2D eigenvalue weighted by Gasteiger charge is 2.17. The number of ether oxygens (including phenoxy) is 1. The third-order valence-corrected chi connectivity index (χ3v) is 2.44. The van der Waals surface area contributed by atoms with E-state index in [9.17, 15) is 4.79 Å². The molecule has 0 aliphatic carbocycles. The molecule has 0 unspecified atom stereocenters. The van der Waals surface area contributed by atoms with Crippen LogP contribution in [0, 0.1) is 0 Å². The van der Waals surface area contributed by atoms with Gasteiger partial charge in [-0.3, -0.25) is 9.78 Å². The second-order valence-corrected chi connectivity index (χ2v) is 3.74. The van der Waals surface area contributed by atoms with Crippen molar-refractivity contribution in [3.63, 3.8) is 0 Å². The molecule has 0 atom stereocenters. The van der Waals surface area contributed by atoms with Crippen LogP contribution in [0.15, 0.2) is 6.20 Å². The Morgan fingerprint density at radius 2 is 2.28 bits per heavy atom. The summed E-state index contributed by atoms with van der Waals surface area (Å²) in [6.45, 7) is 4.05. The SMILES string of the molecule is CCOC(=O)c1nc(-c2cn(C)nc2CC)n[nH]1. The predicted molar refractivity (Wildman–Crippen MR) is 63.9 cm³/mol. The summed E-state index contributed by atoms with van der Waals surface area (Å²) in [6.07, 6.45) is 2.61. The van der Waals surface area contributed by atoms with Crippen molar-refractivity contribution in [1.29, 1.82) is 0 Å². The molecule has 0 aliphatic heterocycles. The molecule has 0 radical (unpaired) electrons. The van der Waals surface area contributed by atoms with E-state index in [-0.39, 0.29) is 5.82 Å². The summed E-state index contributed by atoms with van der Waals surface area (Å²) in [5.74, 6) is 0.0685. The third kappa shape index (κ3) is 2.24. The van der Waals surface area contributed by atoms with Crippen LogP contribution in [-0.4, -0.2) is 37.5 Å². The Bertz CT molecular complexity index is 558. The summed E-state index contributed by atoms with van der Waals surface area (Å²) in [6, 6.07) is 0. The smallest absolute Gasteiger partial charge is 0.375 e. The fourth-order valence-electron chi connectivity index (χ4n) is 1.66. The van der Waals surface area contributed by atoms with Crippen LogP contribution in [0.25, 0.3) is 11.4 Å². The first kappa shape index (κ1) is 12.3. The number of aromatic amines is 1. The molecule has 0 saturated heterocycles. The first-order valence-electron chi connectivity index (χ1n) is 5.78. The Balaban J connectivity index is 2.31. The van der Waals surface area contributed by atoms with Crippen LogP contribution >= 0.6 is 0 Å². The summed E-state index contributed by atoms with van der Waals surface area (Å²) < 4.78 is 6.55. The molecule has 18 heavy (non-hydrogen) atoms. The van der Waals surface area contributed by atoms with Crippen molar-refractivity contribution in [3.8, 4) is 11.4 Å². The van der Waals surface area contributed by atoms with Crippen molar-refractivity contribution in [2.24, 2.45) is 7.05 Å². The van der Waals surface area contributed by atoms with Gasteiger partial charge in [0.1, 0.15) is 0 Å². The molecule has 2 rings (SSSR count). The number of esters is 1. The van der Waals surface area contributed by atoms with E-state index in [1.54, 1.807) is 11.6 Å². The van der Waals surface area contributed by atoms with Crippen molar-refractivity contribution in [2.75, 3.05) is 6.61 Å². The van der Waals surface area contributed by atoms with Gasteiger partial charge in [-0.25, -0.2) is 9.78 Å². The molecule has 7 heteroatoms. The van der Waals surface area contributed by atoms with Gasteiger partial charge in [-0.1, -0.05) is 6.92 Å². The Kier molecular flexibility index (Phi) is 3.40. The van der Waals surface area contributed by atoms with Crippen LogP contribution in [0.4, 0.5) is 0 Å². The van der Waals surface area contributed by atoms with Gasteiger partial charge in [0.25, 0.3) is 0 Å². The fraction of sp³-hybridized carbons (Fsp3) is 0.455. The average Bonchev–Trinajstić information content (AvgIpc) is 2.95. The first-order chi connectivity index (χ1) is 8.65. The van der Waals surface area contributed by atoms with E-state index in [4.69, 9.17) is 4.74 Å². The molecule has 0 bridgehead atoms. The maximum absolute atomic E-state index is 11.5. The molecule has 7 nitrogen and oxygen atoms in total. The number of H-pyrrole nitrogens is 1. The van der Waals surface area contributed by atoms with E-state index in [1.165, 1.54) is 0 Å². The number of aromatic nitrogens is 5. The number of nitrogens with one attached hydrogen (secondary N) is 1. The second-order valence-electron chi connectivity index (χ2n) is 3.74. The van der Waals surface area contributed by atoms with Crippen LogP contribution in [0.2, 0.25) is 0 Å². The maximum Gasteiger partial charge on any atom is 0.375 e. The summed E-state index contributed by atoms with van der Waals surface area (Å²) in [4.78, 5) is 15.6. The van der Waals surface area contributed by atoms with Crippen LogP contribution in [-0.2, 0) is 18.2 Å². The molecule has 2 heterocycles. The highest BCUT2D eigenvalue weighted by molar-refractivity contribution is 5.85. The molecule has 2 aromatic heterocycles. The lowest BCUT2D eigenvalue weighted by Gasteiger charge is -1.95. The summed E-state index contributed by atoms with van der Waals surface area (Å²) in [5, 5.41) is 10.9. The van der Waals surface area contributed by atoms with E-state index in [2.05, 4.69) is 20.3 Å². The molecular weight excluding hydrogens is 234 g/mol. The lowest BCUT2D eigenvalue weighted by Crippen LogP contribution is -2.06. The van der Waals surface area contributed by atoms with E-state index in [0.717, 1.165) is 17.7 Å². The zero-order chi connectivity index (χ0) is 13.1. The summed E-state index contributed by atoms with van der Waals surface area (Å²) in [7, 11) is 1.83. The lowest BCUT2D eigenvalue weighted by atomic mass is 10.2. The van der Waals surface area contributed by atoms with Crippen molar-refractivity contribution in [2.45, 2.75) is 20.3 Å². The van der Waals surface area contributed by atoms with Gasteiger partial charge in [-0.15, -0.1) is 0 Å². The van der Waals surface area contributed by atoms with E-state index >= 15 is 0 Å². The minimum absolute atomic E-state index is 0.109. The Labute approximate surface area is 104 Å². The monoisotopic (exact) mass is 249 g/mol.